The number of hydrogen-bond donors (Lipinski definition) is 0. The fourth-order valence-electron chi connectivity index (χ4n) is 1.90. The molecular formula is C15H31O. The normalized spacial score (nSPS) is 10.9. The standard InChI is InChI=1S/C15H31O/c1-3-5-6-7-8-9-10-11-12-13-15-16-14-4-2/h2-15H2,1H3. The molecule has 0 spiro atoms. The zero-order valence-corrected chi connectivity index (χ0v) is 11.3. The highest BCUT2D eigenvalue weighted by atomic mass is 16.5. The van der Waals surface area contributed by atoms with Gasteiger partial charge in [0.1, 0.15) is 0 Å². The fraction of sp³-hybridized carbons (Fsp3) is 0.933. The molecule has 0 saturated carbocycles. The first kappa shape index (κ1) is 16.0. The van der Waals surface area contributed by atoms with E-state index in [1.54, 1.807) is 0 Å². The molecule has 0 aliphatic carbocycles. The topological polar surface area (TPSA) is 9.23 Å². The van der Waals surface area contributed by atoms with Crippen LogP contribution in [0.1, 0.15) is 77.6 Å². The Morgan fingerprint density at radius 2 is 1.19 bits per heavy atom. The van der Waals surface area contributed by atoms with Crippen molar-refractivity contribution in [3.8, 4) is 0 Å². The number of unbranched alkanes of at least 4 members (excludes halogenated alkanes) is 9. The third kappa shape index (κ3) is 14.0. The minimum Gasteiger partial charge on any atom is -0.381 e. The van der Waals surface area contributed by atoms with E-state index in [0.29, 0.717) is 0 Å². The van der Waals surface area contributed by atoms with E-state index in [2.05, 4.69) is 13.8 Å². The van der Waals surface area contributed by atoms with E-state index in [-0.39, 0.29) is 0 Å². The third-order valence-corrected chi connectivity index (χ3v) is 2.93. The zero-order valence-electron chi connectivity index (χ0n) is 11.3. The quantitative estimate of drug-likeness (QED) is 0.395. The smallest absolute Gasteiger partial charge is 0.0466 e. The van der Waals surface area contributed by atoms with Crippen molar-refractivity contribution in [1.29, 1.82) is 0 Å². The lowest BCUT2D eigenvalue weighted by atomic mass is 10.1. The first-order chi connectivity index (χ1) is 7.91. The molecule has 97 valence electrons. The molecule has 0 aliphatic rings. The van der Waals surface area contributed by atoms with Crippen LogP contribution >= 0.6 is 0 Å². The van der Waals surface area contributed by atoms with Gasteiger partial charge in [0, 0.05) is 13.2 Å². The molecule has 0 bridgehead atoms. The fourth-order valence-corrected chi connectivity index (χ4v) is 1.90. The van der Waals surface area contributed by atoms with Crippen molar-refractivity contribution < 1.29 is 4.74 Å². The van der Waals surface area contributed by atoms with E-state index in [9.17, 15) is 0 Å². The van der Waals surface area contributed by atoms with Crippen LogP contribution in [0.3, 0.4) is 0 Å². The Hall–Kier alpha value is -0.0400. The number of rotatable bonds is 13. The Bertz CT molecular complexity index is 98.0. The van der Waals surface area contributed by atoms with E-state index in [1.807, 2.05) is 0 Å². The van der Waals surface area contributed by atoms with Gasteiger partial charge in [-0.1, -0.05) is 71.6 Å². The first-order valence-electron chi connectivity index (χ1n) is 7.28. The molecule has 0 heterocycles. The Kier molecular flexibility index (Phi) is 14.9. The highest BCUT2D eigenvalue weighted by molar-refractivity contribution is 4.47. The summed E-state index contributed by atoms with van der Waals surface area (Å²) in [5, 5.41) is 0. The molecule has 0 saturated heterocycles. The number of ether oxygens (including phenoxy) is 1. The van der Waals surface area contributed by atoms with Gasteiger partial charge in [0.05, 0.1) is 0 Å². The van der Waals surface area contributed by atoms with Gasteiger partial charge in [-0.3, -0.25) is 0 Å². The minimum absolute atomic E-state index is 0.831. The molecule has 0 aromatic rings. The van der Waals surface area contributed by atoms with Crippen LogP contribution in [0.15, 0.2) is 0 Å². The maximum absolute atomic E-state index is 5.39. The van der Waals surface area contributed by atoms with Crippen LogP contribution in [0.5, 0.6) is 0 Å². The zero-order chi connectivity index (χ0) is 11.9. The van der Waals surface area contributed by atoms with Crippen molar-refractivity contribution in [1.82, 2.24) is 0 Å². The Morgan fingerprint density at radius 1 is 0.688 bits per heavy atom. The van der Waals surface area contributed by atoms with Crippen LogP contribution in [-0.4, -0.2) is 13.2 Å². The van der Waals surface area contributed by atoms with Crippen molar-refractivity contribution in [2.45, 2.75) is 77.6 Å². The molecule has 0 atom stereocenters. The molecule has 0 aromatic carbocycles. The van der Waals surface area contributed by atoms with Crippen molar-refractivity contribution >= 4 is 0 Å². The van der Waals surface area contributed by atoms with Crippen molar-refractivity contribution in [2.75, 3.05) is 13.2 Å². The molecule has 0 amide bonds. The van der Waals surface area contributed by atoms with E-state index in [0.717, 1.165) is 19.6 Å². The lowest BCUT2D eigenvalue weighted by Crippen LogP contribution is -1.95. The largest absolute Gasteiger partial charge is 0.381 e. The monoisotopic (exact) mass is 227 g/mol. The maximum atomic E-state index is 5.39. The summed E-state index contributed by atoms with van der Waals surface area (Å²) in [7, 11) is 0. The van der Waals surface area contributed by atoms with Crippen molar-refractivity contribution in [2.24, 2.45) is 0 Å². The summed E-state index contributed by atoms with van der Waals surface area (Å²) in [4.78, 5) is 0. The molecule has 0 fully saturated rings. The van der Waals surface area contributed by atoms with Crippen LogP contribution < -0.4 is 0 Å². The van der Waals surface area contributed by atoms with E-state index >= 15 is 0 Å². The maximum Gasteiger partial charge on any atom is 0.0466 e. The van der Waals surface area contributed by atoms with Crippen LogP contribution in [0.4, 0.5) is 0 Å². The van der Waals surface area contributed by atoms with Gasteiger partial charge in [0.2, 0.25) is 0 Å². The third-order valence-electron chi connectivity index (χ3n) is 2.93. The predicted octanol–water partition coefficient (Wildman–Crippen LogP) is 5.15. The van der Waals surface area contributed by atoms with Gasteiger partial charge >= 0.3 is 0 Å². The molecule has 0 unspecified atom stereocenters. The van der Waals surface area contributed by atoms with Crippen LogP contribution in [0.25, 0.3) is 0 Å². The van der Waals surface area contributed by atoms with Gasteiger partial charge in [0.25, 0.3) is 0 Å². The molecule has 0 rings (SSSR count). The summed E-state index contributed by atoms with van der Waals surface area (Å²) in [6, 6.07) is 0. The lowest BCUT2D eigenvalue weighted by molar-refractivity contribution is 0.134. The summed E-state index contributed by atoms with van der Waals surface area (Å²) in [5.74, 6) is 0. The summed E-state index contributed by atoms with van der Waals surface area (Å²) >= 11 is 0. The van der Waals surface area contributed by atoms with E-state index < -0.39 is 0 Å². The van der Waals surface area contributed by atoms with Crippen LogP contribution in [0, 0.1) is 6.92 Å². The summed E-state index contributed by atoms with van der Waals surface area (Å²) in [5.41, 5.74) is 0. The SMILES string of the molecule is [CH2]CCOCCCCCCCCCCCC. The molecule has 0 N–H and O–H groups in total. The highest BCUT2D eigenvalue weighted by Gasteiger charge is 1.92. The second-order valence-corrected chi connectivity index (χ2v) is 4.65. The molecule has 1 nitrogen and oxygen atoms in total. The second-order valence-electron chi connectivity index (χ2n) is 4.65. The van der Waals surface area contributed by atoms with Gasteiger partial charge in [-0.2, -0.15) is 0 Å². The van der Waals surface area contributed by atoms with Gasteiger partial charge in [-0.15, -0.1) is 0 Å². The van der Waals surface area contributed by atoms with Crippen molar-refractivity contribution in [3.63, 3.8) is 0 Å². The van der Waals surface area contributed by atoms with Gasteiger partial charge < -0.3 is 4.74 Å². The predicted molar refractivity (Wildman–Crippen MR) is 72.6 cm³/mol. The van der Waals surface area contributed by atoms with Gasteiger partial charge in [0.15, 0.2) is 0 Å². The summed E-state index contributed by atoms with van der Waals surface area (Å²) < 4.78 is 5.39. The van der Waals surface area contributed by atoms with Crippen LogP contribution in [0.2, 0.25) is 0 Å². The van der Waals surface area contributed by atoms with Gasteiger partial charge in [-0.25, -0.2) is 0 Å². The first-order valence-corrected chi connectivity index (χ1v) is 7.28. The second kappa shape index (κ2) is 15.0. The molecule has 0 aromatic heterocycles. The Morgan fingerprint density at radius 3 is 1.69 bits per heavy atom. The summed E-state index contributed by atoms with van der Waals surface area (Å²) in [6.07, 6.45) is 14.8. The Labute approximate surface area is 103 Å². The van der Waals surface area contributed by atoms with Gasteiger partial charge in [-0.05, 0) is 12.8 Å². The lowest BCUT2D eigenvalue weighted by Gasteiger charge is -2.03. The minimum atomic E-state index is 0.831. The molecular weight excluding hydrogens is 196 g/mol. The van der Waals surface area contributed by atoms with Crippen molar-refractivity contribution in [3.05, 3.63) is 6.92 Å². The van der Waals surface area contributed by atoms with E-state index in [4.69, 9.17) is 4.74 Å². The molecule has 16 heavy (non-hydrogen) atoms. The molecule has 1 radical (unpaired) electrons. The molecule has 1 heteroatoms. The highest BCUT2D eigenvalue weighted by Crippen LogP contribution is 2.10. The summed E-state index contributed by atoms with van der Waals surface area (Å²) in [6.45, 7) is 7.79. The molecule has 0 aliphatic heterocycles. The Balaban J connectivity index is 2.83. The average molecular weight is 227 g/mol. The average Bonchev–Trinajstić information content (AvgIpc) is 2.31. The van der Waals surface area contributed by atoms with E-state index in [1.165, 1.54) is 64.2 Å². The van der Waals surface area contributed by atoms with Crippen LogP contribution in [-0.2, 0) is 4.74 Å². The number of hydrogen-bond acceptors (Lipinski definition) is 1.